The third kappa shape index (κ3) is 12.3. The van der Waals surface area contributed by atoms with E-state index in [4.69, 9.17) is 22.3 Å². The molecule has 0 rings (SSSR count). The lowest BCUT2D eigenvalue weighted by atomic mass is 10.0. The maximum Gasteiger partial charge on any atom is 0.326 e. The third-order valence-electron chi connectivity index (χ3n) is 4.31. The van der Waals surface area contributed by atoms with Gasteiger partial charge in [-0.1, -0.05) is 13.8 Å². The third-order valence-corrected chi connectivity index (χ3v) is 4.31. The molecule has 0 aliphatic carbocycles. The summed E-state index contributed by atoms with van der Waals surface area (Å²) in [4.78, 5) is 62.3. The van der Waals surface area contributed by atoms with Crippen molar-refractivity contribution in [1.29, 1.82) is 0 Å². The molecule has 11 N–H and O–H groups in total. The lowest BCUT2D eigenvalue weighted by molar-refractivity contribution is -0.142. The van der Waals surface area contributed by atoms with E-state index in [2.05, 4.69) is 20.9 Å². The molecule has 3 amide bonds. The lowest BCUT2D eigenvalue weighted by Crippen LogP contribution is -2.51. The van der Waals surface area contributed by atoms with Crippen molar-refractivity contribution in [2.45, 2.75) is 57.7 Å². The number of carboxylic acid groups (broad SMARTS) is 2. The Morgan fingerprint density at radius 3 is 2.06 bits per heavy atom. The number of carbonyl (C=O) groups is 5. The number of nitrogens with one attached hydrogen (secondary N) is 3. The molecule has 0 aliphatic rings. The van der Waals surface area contributed by atoms with Crippen molar-refractivity contribution in [3.63, 3.8) is 0 Å². The molecule has 0 saturated carbocycles. The second-order valence-corrected chi connectivity index (χ2v) is 7.39. The van der Waals surface area contributed by atoms with Gasteiger partial charge in [-0.3, -0.25) is 24.2 Å². The van der Waals surface area contributed by atoms with E-state index >= 15 is 0 Å². The van der Waals surface area contributed by atoms with Gasteiger partial charge >= 0.3 is 11.9 Å². The molecule has 0 aromatic heterocycles. The van der Waals surface area contributed by atoms with Crippen LogP contribution in [0.15, 0.2) is 4.99 Å². The normalized spacial score (nSPS) is 13.4. The Morgan fingerprint density at radius 2 is 1.56 bits per heavy atom. The van der Waals surface area contributed by atoms with E-state index in [1.165, 1.54) is 0 Å². The largest absolute Gasteiger partial charge is 0.480 e. The van der Waals surface area contributed by atoms with Crippen LogP contribution in [0.3, 0.4) is 0 Å². The summed E-state index contributed by atoms with van der Waals surface area (Å²) in [6.07, 6.45) is -0.138. The molecule has 14 nitrogen and oxygen atoms in total. The summed E-state index contributed by atoms with van der Waals surface area (Å²) >= 11 is 0. The van der Waals surface area contributed by atoms with Crippen molar-refractivity contribution in [3.05, 3.63) is 0 Å². The van der Waals surface area contributed by atoms with Gasteiger partial charge < -0.3 is 43.4 Å². The smallest absolute Gasteiger partial charge is 0.326 e. The SMILES string of the molecule is CC(C)[C@H](N)C(=O)N[C@@H](CCC(=O)N[C@@H](CCCN=C(N)N)C(=O)NCC(=O)O)C(=O)O. The molecule has 182 valence electrons. The summed E-state index contributed by atoms with van der Waals surface area (Å²) in [6.45, 7) is 2.96. The Morgan fingerprint density at radius 1 is 0.938 bits per heavy atom. The summed E-state index contributed by atoms with van der Waals surface area (Å²) in [5.74, 6) is -4.99. The van der Waals surface area contributed by atoms with Gasteiger partial charge in [-0.25, -0.2) is 4.79 Å². The second kappa shape index (κ2) is 14.6. The van der Waals surface area contributed by atoms with E-state index in [9.17, 15) is 29.1 Å². The van der Waals surface area contributed by atoms with Gasteiger partial charge in [0.25, 0.3) is 0 Å². The Balaban J connectivity index is 4.95. The van der Waals surface area contributed by atoms with Gasteiger partial charge in [0, 0.05) is 13.0 Å². The summed E-state index contributed by atoms with van der Waals surface area (Å²) in [5.41, 5.74) is 16.1. The van der Waals surface area contributed by atoms with E-state index in [1.54, 1.807) is 13.8 Å². The zero-order valence-electron chi connectivity index (χ0n) is 18.2. The molecular weight excluding hydrogens is 426 g/mol. The molecule has 0 spiro atoms. The highest BCUT2D eigenvalue weighted by molar-refractivity contribution is 5.90. The highest BCUT2D eigenvalue weighted by atomic mass is 16.4. The van der Waals surface area contributed by atoms with Gasteiger partial charge in [-0.05, 0) is 25.2 Å². The molecule has 3 atom stereocenters. The first-order chi connectivity index (χ1) is 14.8. The standard InChI is InChI=1S/C18H33N7O7/c1-9(2)14(19)16(30)25-11(17(31)32)5-6-12(26)24-10(4-3-7-22-18(20)21)15(29)23-8-13(27)28/h9-11,14H,3-8,19H2,1-2H3,(H,23,29)(H,24,26)(H,25,30)(H,27,28)(H,31,32)(H4,20,21,22)/t10-,11-,14-/m0/s1. The van der Waals surface area contributed by atoms with Gasteiger partial charge in [0.05, 0.1) is 6.04 Å². The zero-order chi connectivity index (χ0) is 24.8. The fourth-order valence-corrected chi connectivity index (χ4v) is 2.43. The number of carbonyl (C=O) groups excluding carboxylic acids is 3. The number of nitrogens with zero attached hydrogens (tertiary/aromatic N) is 1. The number of aliphatic imine (C=N–C) groups is 1. The van der Waals surface area contributed by atoms with E-state index in [1.807, 2.05) is 0 Å². The maximum atomic E-state index is 12.3. The molecule has 0 aliphatic heterocycles. The molecule has 0 unspecified atom stereocenters. The minimum absolute atomic E-state index is 0.107. The van der Waals surface area contributed by atoms with Gasteiger partial charge in [-0.15, -0.1) is 0 Å². The van der Waals surface area contributed by atoms with Crippen LogP contribution >= 0.6 is 0 Å². The van der Waals surface area contributed by atoms with E-state index in [-0.39, 0.29) is 37.7 Å². The molecule has 0 fully saturated rings. The highest BCUT2D eigenvalue weighted by Gasteiger charge is 2.26. The van der Waals surface area contributed by atoms with Crippen molar-refractivity contribution in [3.8, 4) is 0 Å². The number of aliphatic carboxylic acids is 2. The molecule has 0 radical (unpaired) electrons. The maximum absolute atomic E-state index is 12.3. The van der Waals surface area contributed by atoms with Crippen LogP contribution < -0.4 is 33.2 Å². The van der Waals surface area contributed by atoms with Crippen LogP contribution in [0.2, 0.25) is 0 Å². The molecule has 32 heavy (non-hydrogen) atoms. The topological polar surface area (TPSA) is 252 Å². The van der Waals surface area contributed by atoms with Crippen LogP contribution in [-0.4, -0.2) is 77.0 Å². The summed E-state index contributed by atoms with van der Waals surface area (Å²) in [6, 6.07) is -3.33. The number of amides is 3. The fraction of sp³-hybridized carbons (Fsp3) is 0.667. The van der Waals surface area contributed by atoms with Crippen molar-refractivity contribution < 1.29 is 34.2 Å². The van der Waals surface area contributed by atoms with E-state index in [0.29, 0.717) is 6.42 Å². The molecular formula is C18H33N7O7. The van der Waals surface area contributed by atoms with Crippen LogP contribution in [0.25, 0.3) is 0 Å². The second-order valence-electron chi connectivity index (χ2n) is 7.39. The predicted molar refractivity (Wildman–Crippen MR) is 114 cm³/mol. The van der Waals surface area contributed by atoms with Gasteiger partial charge in [-0.2, -0.15) is 0 Å². The van der Waals surface area contributed by atoms with Crippen LogP contribution in [0.4, 0.5) is 0 Å². The Hall–Kier alpha value is -3.42. The van der Waals surface area contributed by atoms with Gasteiger partial charge in [0.15, 0.2) is 5.96 Å². The molecule has 14 heteroatoms. The Labute approximate surface area is 185 Å². The average molecular weight is 460 g/mol. The number of carboxylic acids is 2. The predicted octanol–water partition coefficient (Wildman–Crippen LogP) is -2.94. The first-order valence-corrected chi connectivity index (χ1v) is 9.98. The molecule has 0 bridgehead atoms. The van der Waals surface area contributed by atoms with Crippen LogP contribution in [0, 0.1) is 5.92 Å². The fourth-order valence-electron chi connectivity index (χ4n) is 2.43. The summed E-state index contributed by atoms with van der Waals surface area (Å²) < 4.78 is 0. The lowest BCUT2D eigenvalue weighted by Gasteiger charge is -2.21. The van der Waals surface area contributed by atoms with Crippen molar-refractivity contribution >= 4 is 35.6 Å². The summed E-state index contributed by atoms with van der Waals surface area (Å²) in [5, 5.41) is 24.9. The van der Waals surface area contributed by atoms with Gasteiger partial charge in [0.1, 0.15) is 18.6 Å². The number of hydrogen-bond donors (Lipinski definition) is 8. The number of hydrogen-bond acceptors (Lipinski definition) is 7. The molecule has 0 heterocycles. The van der Waals surface area contributed by atoms with Gasteiger partial charge in [0.2, 0.25) is 17.7 Å². The minimum Gasteiger partial charge on any atom is -0.480 e. The van der Waals surface area contributed by atoms with E-state index < -0.39 is 54.3 Å². The van der Waals surface area contributed by atoms with Crippen molar-refractivity contribution in [2.24, 2.45) is 28.1 Å². The van der Waals surface area contributed by atoms with Crippen LogP contribution in [0.1, 0.15) is 39.5 Å². The average Bonchev–Trinajstić information content (AvgIpc) is 2.69. The quantitative estimate of drug-likeness (QED) is 0.0702. The highest BCUT2D eigenvalue weighted by Crippen LogP contribution is 2.05. The first-order valence-electron chi connectivity index (χ1n) is 9.98. The van der Waals surface area contributed by atoms with Crippen molar-refractivity contribution in [1.82, 2.24) is 16.0 Å². The van der Waals surface area contributed by atoms with Crippen LogP contribution in [-0.2, 0) is 24.0 Å². The summed E-state index contributed by atoms with van der Waals surface area (Å²) in [7, 11) is 0. The van der Waals surface area contributed by atoms with Crippen LogP contribution in [0.5, 0.6) is 0 Å². The number of guanidine groups is 1. The Bertz CT molecular complexity index is 708. The minimum atomic E-state index is -1.35. The molecule has 0 aromatic rings. The monoisotopic (exact) mass is 459 g/mol. The van der Waals surface area contributed by atoms with E-state index in [0.717, 1.165) is 0 Å². The molecule has 0 saturated heterocycles. The van der Waals surface area contributed by atoms with Crippen molar-refractivity contribution in [2.75, 3.05) is 13.1 Å². The molecule has 0 aromatic carbocycles. The first kappa shape index (κ1) is 28.6. The number of rotatable bonds is 15. The number of nitrogens with two attached hydrogens (primary N) is 3. The Kier molecular flexibility index (Phi) is 13.0. The zero-order valence-corrected chi connectivity index (χ0v) is 18.2.